The highest BCUT2D eigenvalue weighted by atomic mass is 35.5. The predicted octanol–water partition coefficient (Wildman–Crippen LogP) is 4.77. The molecule has 25 heavy (non-hydrogen) atoms. The van der Waals surface area contributed by atoms with Crippen molar-refractivity contribution in [3.05, 3.63) is 88.3 Å². The number of carbonyl (C=O) groups excluding carboxylic acids is 1. The lowest BCUT2D eigenvalue weighted by molar-refractivity contribution is 0.103. The second-order valence-electron chi connectivity index (χ2n) is 5.09. The number of carbonyl (C=O) groups is 1. The van der Waals surface area contributed by atoms with Crippen molar-refractivity contribution >= 4 is 17.4 Å². The van der Waals surface area contributed by atoms with E-state index in [0.29, 0.717) is 22.4 Å². The van der Waals surface area contributed by atoms with Crippen LogP contribution < -0.4 is 4.74 Å². The van der Waals surface area contributed by atoms with E-state index in [1.807, 2.05) is 6.07 Å². The maximum absolute atomic E-state index is 12.9. The zero-order chi connectivity index (χ0) is 17.8. The number of halogens is 2. The van der Waals surface area contributed by atoms with Crippen LogP contribution in [-0.2, 0) is 0 Å². The van der Waals surface area contributed by atoms with Gasteiger partial charge in [-0.1, -0.05) is 11.6 Å². The van der Waals surface area contributed by atoms with Crippen LogP contribution in [0.3, 0.4) is 0 Å². The van der Waals surface area contributed by atoms with Crippen molar-refractivity contribution in [2.24, 2.45) is 0 Å². The molecule has 0 aliphatic heterocycles. The Balaban J connectivity index is 1.77. The van der Waals surface area contributed by atoms with E-state index in [1.165, 1.54) is 36.5 Å². The molecule has 0 fully saturated rings. The highest BCUT2D eigenvalue weighted by Gasteiger charge is 2.11. The molecule has 0 spiro atoms. The van der Waals surface area contributed by atoms with Gasteiger partial charge in [-0.15, -0.1) is 0 Å². The normalized spacial score (nSPS) is 10.1. The van der Waals surface area contributed by atoms with Crippen LogP contribution in [0.4, 0.5) is 4.39 Å². The first kappa shape index (κ1) is 16.6. The van der Waals surface area contributed by atoms with Crippen molar-refractivity contribution in [1.29, 1.82) is 5.26 Å². The van der Waals surface area contributed by atoms with E-state index < -0.39 is 5.82 Å². The molecule has 0 saturated heterocycles. The molecular formula is C19H10ClFN2O2. The lowest BCUT2D eigenvalue weighted by atomic mass is 10.0. The van der Waals surface area contributed by atoms with Crippen LogP contribution >= 0.6 is 11.6 Å². The summed E-state index contributed by atoms with van der Waals surface area (Å²) in [5.41, 5.74) is 1.17. The molecule has 3 rings (SSSR count). The smallest absolute Gasteiger partial charge is 0.238 e. The molecule has 3 aromatic rings. The van der Waals surface area contributed by atoms with Gasteiger partial charge in [-0.3, -0.25) is 4.79 Å². The maximum Gasteiger partial charge on any atom is 0.238 e. The first-order valence-electron chi connectivity index (χ1n) is 7.20. The summed E-state index contributed by atoms with van der Waals surface area (Å²) >= 11 is 6.01. The summed E-state index contributed by atoms with van der Waals surface area (Å²) in [6.07, 6.45) is 1.35. The van der Waals surface area contributed by atoms with Gasteiger partial charge in [0.1, 0.15) is 22.7 Å². The fourth-order valence-electron chi connectivity index (χ4n) is 2.12. The van der Waals surface area contributed by atoms with Crippen LogP contribution in [-0.4, -0.2) is 10.8 Å². The Morgan fingerprint density at radius 3 is 2.24 bits per heavy atom. The molecule has 0 radical (unpaired) electrons. The summed E-state index contributed by atoms with van der Waals surface area (Å²) in [5.74, 6) is -0.0128. The van der Waals surface area contributed by atoms with E-state index in [-0.39, 0.29) is 16.7 Å². The van der Waals surface area contributed by atoms with Gasteiger partial charge < -0.3 is 4.74 Å². The van der Waals surface area contributed by atoms with Crippen LogP contribution in [0.25, 0.3) is 0 Å². The van der Waals surface area contributed by atoms with E-state index in [9.17, 15) is 9.18 Å². The Morgan fingerprint density at radius 1 is 1.08 bits per heavy atom. The number of rotatable bonds is 4. The Hall–Kier alpha value is -3.23. The molecule has 0 aliphatic carbocycles. The lowest BCUT2D eigenvalue weighted by Gasteiger charge is -2.07. The Bertz CT molecular complexity index is 964. The number of pyridine rings is 1. The van der Waals surface area contributed by atoms with Crippen LogP contribution in [0.2, 0.25) is 5.02 Å². The molecule has 0 atom stereocenters. The summed E-state index contributed by atoms with van der Waals surface area (Å²) in [7, 11) is 0. The van der Waals surface area contributed by atoms with E-state index >= 15 is 0 Å². The van der Waals surface area contributed by atoms with Gasteiger partial charge in [0.15, 0.2) is 5.78 Å². The van der Waals surface area contributed by atoms with Gasteiger partial charge in [0.25, 0.3) is 0 Å². The molecule has 0 saturated carbocycles. The quantitative estimate of drug-likeness (QED) is 0.634. The minimum absolute atomic E-state index is 0.165. The Labute approximate surface area is 148 Å². The van der Waals surface area contributed by atoms with Crippen molar-refractivity contribution in [2.75, 3.05) is 0 Å². The van der Waals surface area contributed by atoms with Crippen molar-refractivity contribution in [3.63, 3.8) is 0 Å². The highest BCUT2D eigenvalue weighted by molar-refractivity contribution is 6.31. The molecule has 122 valence electrons. The number of hydrogen-bond acceptors (Lipinski definition) is 4. The van der Waals surface area contributed by atoms with Gasteiger partial charge in [-0.2, -0.15) is 5.26 Å². The molecule has 1 aromatic heterocycles. The first-order valence-corrected chi connectivity index (χ1v) is 7.58. The third-order valence-electron chi connectivity index (χ3n) is 3.37. The molecule has 4 nitrogen and oxygen atoms in total. The topological polar surface area (TPSA) is 63.0 Å². The minimum atomic E-state index is -0.396. The van der Waals surface area contributed by atoms with Gasteiger partial charge in [0.2, 0.25) is 5.88 Å². The number of nitriles is 1. The summed E-state index contributed by atoms with van der Waals surface area (Å²) in [4.78, 5) is 16.3. The number of hydrogen-bond donors (Lipinski definition) is 0. The Kier molecular flexibility index (Phi) is 4.73. The highest BCUT2D eigenvalue weighted by Crippen LogP contribution is 2.28. The summed E-state index contributed by atoms with van der Waals surface area (Å²) in [6.45, 7) is 0. The summed E-state index contributed by atoms with van der Waals surface area (Å²) in [5, 5.41) is 9.01. The Morgan fingerprint density at radius 2 is 1.68 bits per heavy atom. The molecular weight excluding hydrogens is 343 g/mol. The third kappa shape index (κ3) is 3.82. The second-order valence-corrected chi connectivity index (χ2v) is 5.49. The van der Waals surface area contributed by atoms with E-state index in [0.717, 1.165) is 0 Å². The largest absolute Gasteiger partial charge is 0.438 e. The third-order valence-corrected chi connectivity index (χ3v) is 3.64. The van der Waals surface area contributed by atoms with Gasteiger partial charge >= 0.3 is 0 Å². The van der Waals surface area contributed by atoms with Gasteiger partial charge in [0.05, 0.1) is 5.56 Å². The van der Waals surface area contributed by atoms with Crippen molar-refractivity contribution in [3.8, 4) is 17.7 Å². The van der Waals surface area contributed by atoms with Crippen LogP contribution in [0.1, 0.15) is 21.5 Å². The zero-order valence-corrected chi connectivity index (χ0v) is 13.5. The molecule has 0 unspecified atom stereocenters. The number of ketones is 1. The fourth-order valence-corrected chi connectivity index (χ4v) is 2.32. The number of ether oxygens (including phenoxy) is 1. The van der Waals surface area contributed by atoms with E-state index in [2.05, 4.69) is 4.98 Å². The van der Waals surface area contributed by atoms with Crippen molar-refractivity contribution < 1.29 is 13.9 Å². The van der Waals surface area contributed by atoms with Crippen LogP contribution in [0, 0.1) is 17.1 Å². The zero-order valence-electron chi connectivity index (χ0n) is 12.7. The lowest BCUT2D eigenvalue weighted by Crippen LogP contribution is -2.01. The van der Waals surface area contributed by atoms with Gasteiger partial charge in [-0.05, 0) is 54.6 Å². The van der Waals surface area contributed by atoms with Crippen LogP contribution in [0.5, 0.6) is 11.6 Å². The summed E-state index contributed by atoms with van der Waals surface area (Å²) in [6, 6.07) is 15.1. The average molecular weight is 353 g/mol. The number of aromatic nitrogens is 1. The van der Waals surface area contributed by atoms with Gasteiger partial charge in [0, 0.05) is 17.3 Å². The molecule has 6 heteroatoms. The maximum atomic E-state index is 12.9. The molecule has 0 N–H and O–H groups in total. The average Bonchev–Trinajstić information content (AvgIpc) is 2.64. The SMILES string of the molecule is N#Cc1cnc(Oc2ccc(C(=O)c3ccc(F)cc3)cc2)c(Cl)c1. The number of nitrogens with zero attached hydrogens (tertiary/aromatic N) is 2. The molecule has 2 aromatic carbocycles. The van der Waals surface area contributed by atoms with Gasteiger partial charge in [-0.25, -0.2) is 9.37 Å². The van der Waals surface area contributed by atoms with Crippen molar-refractivity contribution in [2.45, 2.75) is 0 Å². The monoisotopic (exact) mass is 352 g/mol. The standard InChI is InChI=1S/C19H10ClFN2O2/c20-17-9-12(10-22)11-23-19(17)25-16-7-3-14(4-8-16)18(24)13-1-5-15(21)6-2-13/h1-9,11H. The van der Waals surface area contributed by atoms with Crippen LogP contribution in [0.15, 0.2) is 60.8 Å². The minimum Gasteiger partial charge on any atom is -0.438 e. The molecule has 0 amide bonds. The number of benzene rings is 2. The summed E-state index contributed by atoms with van der Waals surface area (Å²) < 4.78 is 18.5. The fraction of sp³-hybridized carbons (Fsp3) is 0. The molecule has 0 aliphatic rings. The first-order chi connectivity index (χ1) is 12.1. The predicted molar refractivity (Wildman–Crippen MR) is 90.3 cm³/mol. The second kappa shape index (κ2) is 7.12. The van der Waals surface area contributed by atoms with E-state index in [1.54, 1.807) is 24.3 Å². The molecule has 1 heterocycles. The van der Waals surface area contributed by atoms with Crippen molar-refractivity contribution in [1.82, 2.24) is 4.98 Å². The van der Waals surface area contributed by atoms with E-state index in [4.69, 9.17) is 21.6 Å². The molecule has 0 bridgehead atoms.